The van der Waals surface area contributed by atoms with Crippen molar-refractivity contribution in [2.75, 3.05) is 13.6 Å². The number of aromatic nitrogens is 2. The number of halogens is 2. The highest BCUT2D eigenvalue weighted by Gasteiger charge is 2.22. The number of aryl methyl sites for hydroxylation is 1. The maximum atomic E-state index is 13.3. The number of sulfonamides is 1. The van der Waals surface area contributed by atoms with Gasteiger partial charge in [-0.25, -0.2) is 21.5 Å². The van der Waals surface area contributed by atoms with E-state index in [0.29, 0.717) is 18.9 Å². The average Bonchev–Trinajstić information content (AvgIpc) is 3.13. The van der Waals surface area contributed by atoms with Gasteiger partial charge in [0.1, 0.15) is 0 Å². The van der Waals surface area contributed by atoms with Crippen LogP contribution in [-0.4, -0.2) is 36.5 Å². The Balaban J connectivity index is 1.60. The molecule has 0 atom stereocenters. The average molecular weight is 391 g/mol. The summed E-state index contributed by atoms with van der Waals surface area (Å²) in [4.78, 5) is -0.267. The molecule has 1 aromatic heterocycles. The Hall–Kier alpha value is -2.58. The number of rotatable bonds is 7. The number of hydrogen-bond donors (Lipinski definition) is 1. The Morgan fingerprint density at radius 2 is 1.78 bits per heavy atom. The van der Waals surface area contributed by atoms with Crippen molar-refractivity contribution in [1.29, 1.82) is 0 Å². The molecule has 8 heteroatoms. The van der Waals surface area contributed by atoms with Gasteiger partial charge in [-0.1, -0.05) is 30.3 Å². The highest BCUT2D eigenvalue weighted by Crippen LogP contribution is 2.19. The summed E-state index contributed by atoms with van der Waals surface area (Å²) in [6.45, 7) is 0.237. The van der Waals surface area contributed by atoms with E-state index in [1.165, 1.54) is 7.05 Å². The number of benzene rings is 2. The molecule has 1 N–H and O–H groups in total. The zero-order valence-corrected chi connectivity index (χ0v) is 15.5. The van der Waals surface area contributed by atoms with Gasteiger partial charge in [0, 0.05) is 24.8 Å². The zero-order valence-electron chi connectivity index (χ0n) is 14.7. The number of aromatic amines is 1. The molecule has 0 spiro atoms. The van der Waals surface area contributed by atoms with E-state index in [-0.39, 0.29) is 11.4 Å². The molecule has 0 aliphatic rings. The summed E-state index contributed by atoms with van der Waals surface area (Å²) in [7, 11) is -2.45. The minimum absolute atomic E-state index is 0.237. The van der Waals surface area contributed by atoms with Crippen molar-refractivity contribution in [2.45, 2.75) is 17.7 Å². The van der Waals surface area contributed by atoms with Gasteiger partial charge in [-0.3, -0.25) is 5.10 Å². The van der Waals surface area contributed by atoms with Crippen molar-refractivity contribution < 1.29 is 17.2 Å². The van der Waals surface area contributed by atoms with E-state index < -0.39 is 21.7 Å². The van der Waals surface area contributed by atoms with Crippen LogP contribution in [-0.2, 0) is 16.4 Å². The van der Waals surface area contributed by atoms with Gasteiger partial charge in [-0.15, -0.1) is 0 Å². The van der Waals surface area contributed by atoms with E-state index in [1.54, 1.807) is 0 Å². The third kappa shape index (κ3) is 4.40. The summed E-state index contributed by atoms with van der Waals surface area (Å²) >= 11 is 0. The molecular formula is C19H19F2N3O2S. The molecule has 0 saturated carbocycles. The van der Waals surface area contributed by atoms with Crippen molar-refractivity contribution >= 4 is 10.0 Å². The van der Waals surface area contributed by atoms with Crippen LogP contribution in [0.1, 0.15) is 12.1 Å². The standard InChI is InChI=1S/C19H19F2N3O2S/c1-24(27(25,26)16-9-10-17(20)18(21)13-16)11-5-8-15-12-19(23-22-15)14-6-3-2-4-7-14/h2-4,6-7,9-10,12-13H,5,8,11H2,1H3,(H,22,23). The molecule has 0 radical (unpaired) electrons. The van der Waals surface area contributed by atoms with E-state index in [4.69, 9.17) is 0 Å². The topological polar surface area (TPSA) is 66.1 Å². The predicted molar refractivity (Wildman–Crippen MR) is 98.5 cm³/mol. The maximum absolute atomic E-state index is 13.3. The summed E-state index contributed by atoms with van der Waals surface area (Å²) in [5.41, 5.74) is 2.72. The third-order valence-corrected chi connectivity index (χ3v) is 6.07. The second kappa shape index (κ2) is 7.98. The molecule has 0 aliphatic heterocycles. The van der Waals surface area contributed by atoms with E-state index in [1.807, 2.05) is 36.4 Å². The van der Waals surface area contributed by atoms with Crippen LogP contribution in [0, 0.1) is 11.6 Å². The molecule has 0 amide bonds. The molecule has 142 valence electrons. The lowest BCUT2D eigenvalue weighted by molar-refractivity contribution is 0.458. The SMILES string of the molecule is CN(CCCc1cc(-c2ccccc2)n[nH]1)S(=O)(=O)c1ccc(F)c(F)c1. The van der Waals surface area contributed by atoms with Crippen LogP contribution in [0.3, 0.4) is 0 Å². The van der Waals surface area contributed by atoms with E-state index in [0.717, 1.165) is 33.4 Å². The summed E-state index contributed by atoms with van der Waals surface area (Å²) in [6.07, 6.45) is 1.16. The first-order valence-electron chi connectivity index (χ1n) is 8.39. The minimum atomic E-state index is -3.87. The van der Waals surface area contributed by atoms with Crippen LogP contribution in [0.25, 0.3) is 11.3 Å². The van der Waals surface area contributed by atoms with Gasteiger partial charge in [0.2, 0.25) is 10.0 Å². The van der Waals surface area contributed by atoms with Gasteiger partial charge in [-0.05, 0) is 37.1 Å². The maximum Gasteiger partial charge on any atom is 0.242 e. The molecule has 3 rings (SSSR count). The second-order valence-electron chi connectivity index (χ2n) is 6.15. The molecule has 1 heterocycles. The fraction of sp³-hybridized carbons (Fsp3) is 0.211. The van der Waals surface area contributed by atoms with Crippen LogP contribution in [0.15, 0.2) is 59.5 Å². The first-order chi connectivity index (χ1) is 12.9. The van der Waals surface area contributed by atoms with Gasteiger partial charge in [-0.2, -0.15) is 5.10 Å². The molecule has 0 aliphatic carbocycles. The van der Waals surface area contributed by atoms with Crippen molar-refractivity contribution in [3.05, 3.63) is 71.9 Å². The Morgan fingerprint density at radius 1 is 1.04 bits per heavy atom. The highest BCUT2D eigenvalue weighted by atomic mass is 32.2. The Morgan fingerprint density at radius 3 is 2.48 bits per heavy atom. The second-order valence-corrected chi connectivity index (χ2v) is 8.20. The predicted octanol–water partition coefficient (Wildman–Crippen LogP) is 3.61. The van der Waals surface area contributed by atoms with E-state index in [9.17, 15) is 17.2 Å². The normalized spacial score (nSPS) is 11.9. The number of hydrogen-bond acceptors (Lipinski definition) is 3. The number of H-pyrrole nitrogens is 1. The molecule has 3 aromatic rings. The summed E-state index contributed by atoms with van der Waals surface area (Å²) in [5.74, 6) is -2.26. The summed E-state index contributed by atoms with van der Waals surface area (Å²) in [6, 6.07) is 14.2. The lowest BCUT2D eigenvalue weighted by Gasteiger charge is -2.17. The van der Waals surface area contributed by atoms with Crippen LogP contribution in [0.4, 0.5) is 8.78 Å². The lowest BCUT2D eigenvalue weighted by Crippen LogP contribution is -2.28. The molecule has 5 nitrogen and oxygen atoms in total. The molecule has 0 saturated heterocycles. The van der Waals surface area contributed by atoms with Gasteiger partial charge in [0.15, 0.2) is 11.6 Å². The first-order valence-corrected chi connectivity index (χ1v) is 9.83. The minimum Gasteiger partial charge on any atom is -0.282 e. The first kappa shape index (κ1) is 19.2. The van der Waals surface area contributed by atoms with Crippen LogP contribution in [0.2, 0.25) is 0 Å². The Labute approximate surface area is 156 Å². The molecule has 0 fully saturated rings. The van der Waals surface area contributed by atoms with Crippen molar-refractivity contribution in [3.8, 4) is 11.3 Å². The molecule has 27 heavy (non-hydrogen) atoms. The molecule has 0 bridgehead atoms. The smallest absolute Gasteiger partial charge is 0.242 e. The summed E-state index contributed by atoms with van der Waals surface area (Å²) < 4.78 is 52.4. The van der Waals surface area contributed by atoms with Gasteiger partial charge < -0.3 is 0 Å². The fourth-order valence-corrected chi connectivity index (χ4v) is 3.90. The van der Waals surface area contributed by atoms with Crippen LogP contribution >= 0.6 is 0 Å². The van der Waals surface area contributed by atoms with Crippen molar-refractivity contribution in [3.63, 3.8) is 0 Å². The number of nitrogens with zero attached hydrogens (tertiary/aromatic N) is 2. The van der Waals surface area contributed by atoms with Gasteiger partial charge >= 0.3 is 0 Å². The monoisotopic (exact) mass is 391 g/mol. The summed E-state index contributed by atoms with van der Waals surface area (Å²) in [5, 5.41) is 7.22. The molecule has 0 unspecified atom stereocenters. The van der Waals surface area contributed by atoms with Crippen LogP contribution < -0.4 is 0 Å². The third-order valence-electron chi connectivity index (χ3n) is 4.22. The Bertz CT molecular complexity index is 1020. The van der Waals surface area contributed by atoms with E-state index in [2.05, 4.69) is 10.2 Å². The van der Waals surface area contributed by atoms with E-state index >= 15 is 0 Å². The van der Waals surface area contributed by atoms with Gasteiger partial charge in [0.05, 0.1) is 10.6 Å². The Kier molecular flexibility index (Phi) is 5.67. The van der Waals surface area contributed by atoms with Crippen molar-refractivity contribution in [1.82, 2.24) is 14.5 Å². The molecular weight excluding hydrogens is 372 g/mol. The zero-order chi connectivity index (χ0) is 19.4. The van der Waals surface area contributed by atoms with Crippen LogP contribution in [0.5, 0.6) is 0 Å². The number of nitrogens with one attached hydrogen (secondary N) is 1. The largest absolute Gasteiger partial charge is 0.282 e. The quantitative estimate of drug-likeness (QED) is 0.669. The fourth-order valence-electron chi connectivity index (χ4n) is 2.68. The van der Waals surface area contributed by atoms with Gasteiger partial charge in [0.25, 0.3) is 0 Å². The molecule has 2 aromatic carbocycles. The lowest BCUT2D eigenvalue weighted by atomic mass is 10.1. The highest BCUT2D eigenvalue weighted by molar-refractivity contribution is 7.89. The van der Waals surface area contributed by atoms with Crippen molar-refractivity contribution in [2.24, 2.45) is 0 Å².